The Kier molecular flexibility index (Phi) is 5.73. The van der Waals surface area contributed by atoms with Crippen molar-refractivity contribution >= 4 is 11.9 Å². The van der Waals surface area contributed by atoms with Gasteiger partial charge in [0, 0.05) is 26.7 Å². The van der Waals surface area contributed by atoms with Crippen LogP contribution < -0.4 is 5.32 Å². The van der Waals surface area contributed by atoms with Gasteiger partial charge >= 0.3 is 5.97 Å². The van der Waals surface area contributed by atoms with Crippen molar-refractivity contribution in [3.05, 3.63) is 0 Å². The van der Waals surface area contributed by atoms with E-state index in [0.717, 1.165) is 0 Å². The zero-order valence-corrected chi connectivity index (χ0v) is 11.0. The predicted molar refractivity (Wildman–Crippen MR) is 66.3 cm³/mol. The Hall–Kier alpha value is -1.65. The van der Waals surface area contributed by atoms with Crippen molar-refractivity contribution in [1.29, 1.82) is 5.26 Å². The fourth-order valence-corrected chi connectivity index (χ4v) is 2.09. The normalized spacial score (nSPS) is 18.5. The number of piperidine rings is 1. The SMILES string of the molecule is COC1(C(=O)O)CCN(CC(=O)NCCC#N)CC1. The molecular weight excluding hydrogens is 250 g/mol. The summed E-state index contributed by atoms with van der Waals surface area (Å²) in [7, 11) is 1.40. The Balaban J connectivity index is 2.36. The van der Waals surface area contributed by atoms with Gasteiger partial charge in [-0.05, 0) is 12.8 Å². The summed E-state index contributed by atoms with van der Waals surface area (Å²) in [5.74, 6) is -1.09. The van der Waals surface area contributed by atoms with Gasteiger partial charge in [-0.1, -0.05) is 0 Å². The van der Waals surface area contributed by atoms with Gasteiger partial charge in [0.2, 0.25) is 5.91 Å². The average Bonchev–Trinajstić information content (AvgIpc) is 2.40. The van der Waals surface area contributed by atoms with Gasteiger partial charge in [-0.25, -0.2) is 4.79 Å². The number of carbonyl (C=O) groups is 2. The van der Waals surface area contributed by atoms with E-state index in [1.165, 1.54) is 7.11 Å². The number of carboxylic acids is 1. The van der Waals surface area contributed by atoms with E-state index in [1.807, 2.05) is 11.0 Å². The fourth-order valence-electron chi connectivity index (χ4n) is 2.09. The molecule has 1 amide bonds. The van der Waals surface area contributed by atoms with E-state index in [-0.39, 0.29) is 18.9 Å². The molecule has 1 saturated heterocycles. The number of hydrogen-bond donors (Lipinski definition) is 2. The molecule has 0 aromatic carbocycles. The maximum atomic E-state index is 11.5. The number of aliphatic carboxylic acids is 1. The summed E-state index contributed by atoms with van der Waals surface area (Å²) in [4.78, 5) is 24.6. The Bertz CT molecular complexity index is 370. The highest BCUT2D eigenvalue weighted by Gasteiger charge is 2.41. The zero-order valence-electron chi connectivity index (χ0n) is 11.0. The van der Waals surface area contributed by atoms with E-state index in [4.69, 9.17) is 15.1 Å². The third-order valence-corrected chi connectivity index (χ3v) is 3.37. The molecule has 19 heavy (non-hydrogen) atoms. The molecule has 7 heteroatoms. The van der Waals surface area contributed by atoms with Crippen LogP contribution in [0.3, 0.4) is 0 Å². The van der Waals surface area contributed by atoms with Crippen LogP contribution in [0.15, 0.2) is 0 Å². The van der Waals surface area contributed by atoms with Crippen LogP contribution in [0.4, 0.5) is 0 Å². The molecule has 0 atom stereocenters. The molecule has 1 heterocycles. The smallest absolute Gasteiger partial charge is 0.336 e. The molecule has 1 rings (SSSR count). The van der Waals surface area contributed by atoms with Crippen LogP contribution in [0.2, 0.25) is 0 Å². The quantitative estimate of drug-likeness (QED) is 0.635. The number of methoxy groups -OCH3 is 1. The maximum Gasteiger partial charge on any atom is 0.336 e. The van der Waals surface area contributed by atoms with Crippen molar-refractivity contribution in [2.45, 2.75) is 24.9 Å². The number of ether oxygens (including phenoxy) is 1. The molecule has 0 bridgehead atoms. The Morgan fingerprint density at radius 2 is 2.11 bits per heavy atom. The predicted octanol–water partition coefficient (Wildman–Crippen LogP) is -0.418. The highest BCUT2D eigenvalue weighted by atomic mass is 16.5. The summed E-state index contributed by atoms with van der Waals surface area (Å²) in [6.45, 7) is 1.59. The summed E-state index contributed by atoms with van der Waals surface area (Å²) in [5, 5.41) is 20.1. The van der Waals surface area contributed by atoms with Gasteiger partial charge in [0.15, 0.2) is 5.60 Å². The number of carboxylic acid groups (broad SMARTS) is 1. The van der Waals surface area contributed by atoms with E-state index >= 15 is 0 Å². The van der Waals surface area contributed by atoms with Crippen molar-refractivity contribution in [1.82, 2.24) is 10.2 Å². The lowest BCUT2D eigenvalue weighted by molar-refractivity contribution is -0.168. The van der Waals surface area contributed by atoms with Gasteiger partial charge in [-0.2, -0.15) is 5.26 Å². The summed E-state index contributed by atoms with van der Waals surface area (Å²) in [6.07, 6.45) is 1.02. The van der Waals surface area contributed by atoms with Gasteiger partial charge in [-0.15, -0.1) is 0 Å². The molecule has 0 saturated carbocycles. The van der Waals surface area contributed by atoms with Crippen LogP contribution in [0, 0.1) is 11.3 Å². The van der Waals surface area contributed by atoms with Crippen LogP contribution in [-0.4, -0.2) is 60.8 Å². The number of rotatable bonds is 6. The number of hydrogen-bond acceptors (Lipinski definition) is 5. The zero-order chi connectivity index (χ0) is 14.3. The second-order valence-electron chi connectivity index (χ2n) is 4.54. The van der Waals surface area contributed by atoms with Crippen molar-refractivity contribution in [2.75, 3.05) is 33.3 Å². The molecule has 0 spiro atoms. The van der Waals surface area contributed by atoms with Crippen LogP contribution in [0.5, 0.6) is 0 Å². The van der Waals surface area contributed by atoms with Gasteiger partial charge < -0.3 is 15.2 Å². The lowest BCUT2D eigenvalue weighted by atomic mass is 9.91. The minimum atomic E-state index is -1.12. The number of nitrogens with one attached hydrogen (secondary N) is 1. The third kappa shape index (κ3) is 4.19. The first-order valence-corrected chi connectivity index (χ1v) is 6.18. The highest BCUT2D eigenvalue weighted by Crippen LogP contribution is 2.25. The van der Waals surface area contributed by atoms with E-state index in [0.29, 0.717) is 32.5 Å². The molecule has 7 nitrogen and oxygen atoms in total. The van der Waals surface area contributed by atoms with Crippen molar-refractivity contribution < 1.29 is 19.4 Å². The van der Waals surface area contributed by atoms with Gasteiger partial charge in [-0.3, -0.25) is 9.69 Å². The topological polar surface area (TPSA) is 103 Å². The standard InChI is InChI=1S/C12H19N3O4/c1-19-12(11(17)18)3-7-15(8-4-12)9-10(16)14-6-2-5-13/h2-4,6-9H2,1H3,(H,14,16)(H,17,18). The number of likely N-dealkylation sites (tertiary alicyclic amines) is 1. The van der Waals surface area contributed by atoms with Crippen LogP contribution in [0.1, 0.15) is 19.3 Å². The summed E-state index contributed by atoms with van der Waals surface area (Å²) >= 11 is 0. The van der Waals surface area contributed by atoms with Crippen LogP contribution in [-0.2, 0) is 14.3 Å². The lowest BCUT2D eigenvalue weighted by Crippen LogP contribution is -2.52. The monoisotopic (exact) mass is 269 g/mol. The fraction of sp³-hybridized carbons (Fsp3) is 0.750. The Morgan fingerprint density at radius 3 is 2.58 bits per heavy atom. The number of amides is 1. The van der Waals surface area contributed by atoms with E-state index < -0.39 is 11.6 Å². The van der Waals surface area contributed by atoms with Crippen LogP contribution in [0.25, 0.3) is 0 Å². The molecule has 0 radical (unpaired) electrons. The molecule has 0 aromatic heterocycles. The van der Waals surface area contributed by atoms with Crippen molar-refractivity contribution in [3.63, 3.8) is 0 Å². The minimum absolute atomic E-state index is 0.143. The molecule has 1 fully saturated rings. The molecule has 106 valence electrons. The second kappa shape index (κ2) is 7.07. The molecule has 1 aliphatic heterocycles. The summed E-state index contributed by atoms with van der Waals surface area (Å²) in [5.41, 5.74) is -1.12. The maximum absolute atomic E-state index is 11.5. The van der Waals surface area contributed by atoms with Crippen LogP contribution >= 0.6 is 0 Å². The minimum Gasteiger partial charge on any atom is -0.479 e. The largest absolute Gasteiger partial charge is 0.479 e. The molecular formula is C12H19N3O4. The highest BCUT2D eigenvalue weighted by molar-refractivity contribution is 5.79. The third-order valence-electron chi connectivity index (χ3n) is 3.37. The first-order chi connectivity index (χ1) is 9.04. The van der Waals surface area contributed by atoms with E-state index in [2.05, 4.69) is 5.32 Å². The van der Waals surface area contributed by atoms with Crippen molar-refractivity contribution in [3.8, 4) is 6.07 Å². The van der Waals surface area contributed by atoms with E-state index in [1.54, 1.807) is 0 Å². The Morgan fingerprint density at radius 1 is 1.47 bits per heavy atom. The molecule has 0 unspecified atom stereocenters. The summed E-state index contributed by atoms with van der Waals surface area (Å²) < 4.78 is 5.11. The van der Waals surface area contributed by atoms with Gasteiger partial charge in [0.1, 0.15) is 0 Å². The number of nitriles is 1. The average molecular weight is 269 g/mol. The number of nitrogens with zero attached hydrogens (tertiary/aromatic N) is 2. The van der Waals surface area contributed by atoms with Gasteiger partial charge in [0.25, 0.3) is 0 Å². The lowest BCUT2D eigenvalue weighted by Gasteiger charge is -2.37. The molecule has 0 aromatic rings. The van der Waals surface area contributed by atoms with E-state index in [9.17, 15) is 9.59 Å². The van der Waals surface area contributed by atoms with Crippen molar-refractivity contribution in [2.24, 2.45) is 0 Å². The Labute approximate surface area is 112 Å². The molecule has 0 aliphatic carbocycles. The summed E-state index contributed by atoms with van der Waals surface area (Å²) in [6, 6.07) is 1.95. The first-order valence-electron chi connectivity index (χ1n) is 6.18. The molecule has 2 N–H and O–H groups in total. The van der Waals surface area contributed by atoms with Gasteiger partial charge in [0.05, 0.1) is 19.0 Å². The first kappa shape index (κ1) is 15.4. The number of carbonyl (C=O) groups excluding carboxylic acids is 1. The second-order valence-corrected chi connectivity index (χ2v) is 4.54. The molecule has 1 aliphatic rings.